The van der Waals surface area contributed by atoms with Crippen LogP contribution in [0.2, 0.25) is 5.02 Å². The van der Waals surface area contributed by atoms with Crippen molar-refractivity contribution in [1.82, 2.24) is 24.8 Å². The third kappa shape index (κ3) is 4.43. The fourth-order valence-corrected chi connectivity index (χ4v) is 3.96. The van der Waals surface area contributed by atoms with Crippen molar-refractivity contribution in [2.24, 2.45) is 0 Å². The molecule has 0 atom stereocenters. The van der Waals surface area contributed by atoms with Crippen molar-refractivity contribution in [2.75, 3.05) is 26.2 Å². The first kappa shape index (κ1) is 19.9. The van der Waals surface area contributed by atoms with Crippen LogP contribution >= 0.6 is 11.6 Å². The Morgan fingerprint density at radius 2 is 1.97 bits per heavy atom. The molecule has 0 saturated carbocycles. The largest absolute Gasteiger partial charge is 0.351 e. The van der Waals surface area contributed by atoms with Gasteiger partial charge in [-0.25, -0.2) is 9.50 Å². The van der Waals surface area contributed by atoms with Gasteiger partial charge in [0.05, 0.1) is 17.0 Å². The second kappa shape index (κ2) is 8.93. The molecule has 0 aliphatic carbocycles. The second-order valence-electron chi connectivity index (χ2n) is 7.48. The summed E-state index contributed by atoms with van der Waals surface area (Å²) in [5.74, 6) is -0.0782. The predicted octanol–water partition coefficient (Wildman–Crippen LogP) is 3.83. The van der Waals surface area contributed by atoms with Crippen LogP contribution in [0.3, 0.4) is 0 Å². The van der Waals surface area contributed by atoms with Gasteiger partial charge < -0.3 is 10.2 Å². The lowest BCUT2D eigenvalue weighted by Crippen LogP contribution is -2.34. The molecule has 1 aliphatic rings. The van der Waals surface area contributed by atoms with E-state index < -0.39 is 0 Å². The highest BCUT2D eigenvalue weighted by molar-refractivity contribution is 6.30. The van der Waals surface area contributed by atoms with E-state index in [1.165, 1.54) is 12.8 Å². The summed E-state index contributed by atoms with van der Waals surface area (Å²) in [7, 11) is 0. The number of nitrogens with zero attached hydrogens (tertiary/aromatic N) is 4. The van der Waals surface area contributed by atoms with Gasteiger partial charge in [-0.2, -0.15) is 5.10 Å². The second-order valence-corrected chi connectivity index (χ2v) is 7.92. The monoisotopic (exact) mass is 411 g/mol. The molecule has 3 heterocycles. The van der Waals surface area contributed by atoms with Crippen molar-refractivity contribution < 1.29 is 4.79 Å². The van der Waals surface area contributed by atoms with Crippen LogP contribution in [-0.4, -0.2) is 51.6 Å². The van der Waals surface area contributed by atoms with Crippen molar-refractivity contribution in [3.63, 3.8) is 0 Å². The van der Waals surface area contributed by atoms with Crippen LogP contribution in [0.25, 0.3) is 16.9 Å². The molecule has 1 saturated heterocycles. The maximum Gasteiger partial charge on any atom is 0.254 e. The Morgan fingerprint density at radius 1 is 1.21 bits per heavy atom. The van der Waals surface area contributed by atoms with Crippen LogP contribution in [-0.2, 0) is 6.42 Å². The summed E-state index contributed by atoms with van der Waals surface area (Å²) in [4.78, 5) is 19.7. The average molecular weight is 412 g/mol. The lowest BCUT2D eigenvalue weighted by Gasteiger charge is -2.15. The molecule has 1 N–H and O–H groups in total. The lowest BCUT2D eigenvalue weighted by molar-refractivity contribution is 0.0947. The molecular formula is C22H26ClN5O. The van der Waals surface area contributed by atoms with Gasteiger partial charge in [-0.15, -0.1) is 0 Å². The zero-order valence-corrected chi connectivity index (χ0v) is 17.5. The van der Waals surface area contributed by atoms with Gasteiger partial charge in [-0.05, 0) is 44.5 Å². The van der Waals surface area contributed by atoms with Gasteiger partial charge >= 0.3 is 0 Å². The van der Waals surface area contributed by atoms with Crippen LogP contribution in [0.15, 0.2) is 36.5 Å². The number of aryl methyl sites for hydroxylation is 1. The van der Waals surface area contributed by atoms with E-state index in [4.69, 9.17) is 16.7 Å². The first-order valence-corrected chi connectivity index (χ1v) is 10.7. The molecule has 6 nitrogen and oxygen atoms in total. The highest BCUT2D eigenvalue weighted by Crippen LogP contribution is 2.23. The van der Waals surface area contributed by atoms with E-state index in [1.807, 2.05) is 34.8 Å². The van der Waals surface area contributed by atoms with Crippen molar-refractivity contribution in [1.29, 1.82) is 0 Å². The Hall–Kier alpha value is -2.44. The molecular weight excluding hydrogens is 386 g/mol. The Morgan fingerprint density at radius 3 is 2.69 bits per heavy atom. The predicted molar refractivity (Wildman–Crippen MR) is 115 cm³/mol. The van der Waals surface area contributed by atoms with Gasteiger partial charge in [-0.1, -0.05) is 37.1 Å². The van der Waals surface area contributed by atoms with E-state index in [0.717, 1.165) is 55.1 Å². The molecule has 0 spiro atoms. The van der Waals surface area contributed by atoms with E-state index in [9.17, 15) is 4.79 Å². The third-order valence-electron chi connectivity index (χ3n) is 5.37. The number of amides is 1. The van der Waals surface area contributed by atoms with Crippen LogP contribution in [0.1, 0.15) is 42.2 Å². The van der Waals surface area contributed by atoms with E-state index >= 15 is 0 Å². The van der Waals surface area contributed by atoms with Gasteiger partial charge in [0.15, 0.2) is 5.65 Å². The Kier molecular flexibility index (Phi) is 6.11. The fraction of sp³-hybridized carbons (Fsp3) is 0.409. The van der Waals surface area contributed by atoms with Gasteiger partial charge in [-0.3, -0.25) is 4.79 Å². The van der Waals surface area contributed by atoms with Crippen LogP contribution in [0, 0.1) is 0 Å². The minimum Gasteiger partial charge on any atom is -0.351 e. The highest BCUT2D eigenvalue weighted by Gasteiger charge is 2.18. The van der Waals surface area contributed by atoms with Gasteiger partial charge in [0.25, 0.3) is 5.91 Å². The van der Waals surface area contributed by atoms with Crippen molar-refractivity contribution in [3.8, 4) is 11.3 Å². The summed E-state index contributed by atoms with van der Waals surface area (Å²) in [6, 6.07) is 9.52. The number of halogens is 1. The molecule has 152 valence electrons. The quantitative estimate of drug-likeness (QED) is 0.641. The summed E-state index contributed by atoms with van der Waals surface area (Å²) in [6.45, 7) is 5.91. The number of likely N-dealkylation sites (tertiary alicyclic amines) is 1. The maximum atomic E-state index is 12.8. The number of rotatable bonds is 7. The third-order valence-corrected chi connectivity index (χ3v) is 5.62. The smallest absolute Gasteiger partial charge is 0.254 e. The zero-order chi connectivity index (χ0) is 20.2. The standard InChI is InChI=1S/C22H26ClN5O/c1-2-5-20-18(22(29)24-10-13-27-11-3-4-12-27)15-25-21-14-19(26-28(20)21)16-6-8-17(23)9-7-16/h6-9,14-15H,2-5,10-13H2,1H3,(H,24,29). The van der Waals surface area contributed by atoms with Crippen molar-refractivity contribution in [2.45, 2.75) is 32.6 Å². The summed E-state index contributed by atoms with van der Waals surface area (Å²) in [5, 5.41) is 8.49. The molecule has 2 aromatic heterocycles. The number of nitrogens with one attached hydrogen (secondary N) is 1. The van der Waals surface area contributed by atoms with E-state index in [-0.39, 0.29) is 5.91 Å². The molecule has 3 aromatic rings. The molecule has 1 aromatic carbocycles. The first-order chi connectivity index (χ1) is 14.2. The number of carbonyl (C=O) groups is 1. The number of carbonyl (C=O) groups excluding carboxylic acids is 1. The van der Waals surface area contributed by atoms with E-state index in [2.05, 4.69) is 22.1 Å². The molecule has 0 bridgehead atoms. The molecule has 1 fully saturated rings. The molecule has 1 aliphatic heterocycles. The number of fused-ring (bicyclic) bond motifs is 1. The number of hydrogen-bond acceptors (Lipinski definition) is 4. The van der Waals surface area contributed by atoms with Crippen LogP contribution in [0.5, 0.6) is 0 Å². The first-order valence-electron chi connectivity index (χ1n) is 10.3. The van der Waals surface area contributed by atoms with Gasteiger partial charge in [0, 0.05) is 35.9 Å². The maximum absolute atomic E-state index is 12.8. The molecule has 7 heteroatoms. The Bertz CT molecular complexity index is 992. The van der Waals surface area contributed by atoms with Crippen molar-refractivity contribution in [3.05, 3.63) is 52.8 Å². The average Bonchev–Trinajstić information content (AvgIpc) is 3.38. The van der Waals surface area contributed by atoms with E-state index in [1.54, 1.807) is 6.20 Å². The fourth-order valence-electron chi connectivity index (χ4n) is 3.84. The molecule has 4 rings (SSSR count). The summed E-state index contributed by atoms with van der Waals surface area (Å²) < 4.78 is 1.81. The van der Waals surface area contributed by atoms with Crippen molar-refractivity contribution >= 4 is 23.2 Å². The number of benzene rings is 1. The summed E-state index contributed by atoms with van der Waals surface area (Å²) in [6.07, 6.45) is 5.87. The minimum absolute atomic E-state index is 0.0782. The zero-order valence-electron chi connectivity index (χ0n) is 16.7. The summed E-state index contributed by atoms with van der Waals surface area (Å²) in [5.41, 5.74) is 4.03. The van der Waals surface area contributed by atoms with Crippen LogP contribution < -0.4 is 5.32 Å². The Labute approximate surface area is 175 Å². The number of aromatic nitrogens is 3. The Balaban J connectivity index is 1.58. The molecule has 0 radical (unpaired) electrons. The molecule has 1 amide bonds. The molecule has 29 heavy (non-hydrogen) atoms. The lowest BCUT2D eigenvalue weighted by atomic mass is 10.1. The number of hydrogen-bond donors (Lipinski definition) is 1. The highest BCUT2D eigenvalue weighted by atomic mass is 35.5. The van der Waals surface area contributed by atoms with Gasteiger partial charge in [0.1, 0.15) is 0 Å². The topological polar surface area (TPSA) is 62.5 Å². The normalized spacial score (nSPS) is 14.6. The van der Waals surface area contributed by atoms with Crippen LogP contribution in [0.4, 0.5) is 0 Å². The SMILES string of the molecule is CCCc1c(C(=O)NCCN2CCCC2)cnc2cc(-c3ccc(Cl)cc3)nn12. The van der Waals surface area contributed by atoms with Gasteiger partial charge in [0.2, 0.25) is 0 Å². The minimum atomic E-state index is -0.0782. The van der Waals surface area contributed by atoms with E-state index in [0.29, 0.717) is 17.1 Å². The molecule has 0 unspecified atom stereocenters. The summed E-state index contributed by atoms with van der Waals surface area (Å²) >= 11 is 6.00.